The molecule has 0 radical (unpaired) electrons. The van der Waals surface area contributed by atoms with Crippen molar-refractivity contribution in [3.63, 3.8) is 0 Å². The molecular weight excluding hydrogens is 338 g/mol. The van der Waals surface area contributed by atoms with E-state index in [4.69, 9.17) is 5.26 Å². The van der Waals surface area contributed by atoms with Crippen LogP contribution < -0.4 is 9.80 Å². The van der Waals surface area contributed by atoms with Gasteiger partial charge < -0.3 is 14.4 Å². The molecule has 4 rings (SSSR count). The summed E-state index contributed by atoms with van der Waals surface area (Å²) in [6.45, 7) is 3.80. The Hall–Kier alpha value is -3.14. The normalized spacial score (nSPS) is 16.7. The van der Waals surface area contributed by atoms with Crippen molar-refractivity contribution < 1.29 is 0 Å². The summed E-state index contributed by atoms with van der Waals surface area (Å²) in [5, 5.41) is 9.14. The lowest BCUT2D eigenvalue weighted by atomic mass is 10.1. The van der Waals surface area contributed by atoms with Crippen molar-refractivity contribution in [2.75, 3.05) is 29.9 Å². The zero-order valence-corrected chi connectivity index (χ0v) is 15.9. The number of rotatable bonds is 4. The Kier molecular flexibility index (Phi) is 4.40. The second-order valence-electron chi connectivity index (χ2n) is 7.03. The van der Waals surface area contributed by atoms with Crippen molar-refractivity contribution in [2.24, 2.45) is 13.0 Å². The average molecular weight is 361 g/mol. The number of imidazole rings is 1. The van der Waals surface area contributed by atoms with Gasteiger partial charge >= 0.3 is 0 Å². The quantitative estimate of drug-likeness (QED) is 0.711. The molecule has 0 amide bonds. The third-order valence-corrected chi connectivity index (χ3v) is 5.33. The van der Waals surface area contributed by atoms with Crippen molar-refractivity contribution in [1.82, 2.24) is 19.5 Å². The molecule has 1 aliphatic heterocycles. The maximum atomic E-state index is 9.14. The number of aromatic nitrogens is 4. The molecule has 3 aromatic heterocycles. The Labute approximate surface area is 158 Å². The Bertz CT molecular complexity index is 1020. The predicted molar refractivity (Wildman–Crippen MR) is 106 cm³/mol. The predicted octanol–water partition coefficient (Wildman–Crippen LogP) is 3.04. The number of aryl methyl sites for hydroxylation is 2. The van der Waals surface area contributed by atoms with Gasteiger partial charge in [-0.25, -0.2) is 15.0 Å². The van der Waals surface area contributed by atoms with Gasteiger partial charge in [0.2, 0.25) is 0 Å². The van der Waals surface area contributed by atoms with E-state index in [9.17, 15) is 0 Å². The van der Waals surface area contributed by atoms with E-state index < -0.39 is 0 Å². The van der Waals surface area contributed by atoms with Crippen LogP contribution in [-0.4, -0.2) is 39.7 Å². The Balaban J connectivity index is 1.65. The van der Waals surface area contributed by atoms with Crippen molar-refractivity contribution in [3.8, 4) is 6.07 Å². The van der Waals surface area contributed by atoms with Gasteiger partial charge in [0.1, 0.15) is 17.2 Å². The number of nitrogens with zero attached hydrogens (tertiary/aromatic N) is 7. The lowest BCUT2D eigenvalue weighted by Crippen LogP contribution is -2.21. The molecule has 1 fully saturated rings. The number of nitriles is 1. The van der Waals surface area contributed by atoms with Gasteiger partial charge in [0.25, 0.3) is 0 Å². The van der Waals surface area contributed by atoms with E-state index in [1.165, 1.54) is 5.56 Å². The maximum Gasteiger partial charge on any atom is 0.134 e. The van der Waals surface area contributed by atoms with Gasteiger partial charge in [0.05, 0.1) is 41.9 Å². The summed E-state index contributed by atoms with van der Waals surface area (Å²) in [5.41, 5.74) is 4.20. The molecule has 0 bridgehead atoms. The molecule has 4 heterocycles. The Morgan fingerprint density at radius 3 is 2.85 bits per heavy atom. The van der Waals surface area contributed by atoms with Crippen LogP contribution in [0.4, 0.5) is 17.3 Å². The molecule has 1 aliphatic rings. The molecule has 7 nitrogen and oxygen atoms in total. The minimum atomic E-state index is 0.106. The van der Waals surface area contributed by atoms with Crippen LogP contribution in [0.3, 0.4) is 0 Å². The first-order chi connectivity index (χ1) is 13.1. The van der Waals surface area contributed by atoms with E-state index in [1.54, 1.807) is 12.5 Å². The van der Waals surface area contributed by atoms with Crippen LogP contribution in [0.5, 0.6) is 0 Å². The minimum absolute atomic E-state index is 0.106. The van der Waals surface area contributed by atoms with Gasteiger partial charge in [0.15, 0.2) is 0 Å². The zero-order valence-electron chi connectivity index (χ0n) is 15.9. The molecule has 0 N–H and O–H groups in total. The van der Waals surface area contributed by atoms with Crippen LogP contribution in [0.15, 0.2) is 30.9 Å². The van der Waals surface area contributed by atoms with Gasteiger partial charge in [-0.05, 0) is 24.5 Å². The summed E-state index contributed by atoms with van der Waals surface area (Å²) in [4.78, 5) is 17.9. The maximum absolute atomic E-state index is 9.14. The molecule has 0 aromatic carbocycles. The van der Waals surface area contributed by atoms with E-state index in [0.717, 1.165) is 54.3 Å². The van der Waals surface area contributed by atoms with Gasteiger partial charge in [-0.2, -0.15) is 5.26 Å². The summed E-state index contributed by atoms with van der Waals surface area (Å²) >= 11 is 0. The first-order valence-corrected chi connectivity index (χ1v) is 9.25. The summed E-state index contributed by atoms with van der Waals surface area (Å²) in [6.07, 6.45) is 7.34. The van der Waals surface area contributed by atoms with Crippen LogP contribution in [0.25, 0.3) is 11.0 Å². The molecule has 0 spiro atoms. The Morgan fingerprint density at radius 1 is 1.26 bits per heavy atom. The van der Waals surface area contributed by atoms with Crippen molar-refractivity contribution >= 4 is 28.4 Å². The van der Waals surface area contributed by atoms with Gasteiger partial charge in [-0.3, -0.25) is 0 Å². The topological polar surface area (TPSA) is 73.9 Å². The second kappa shape index (κ2) is 6.88. The fraction of sp³-hybridized carbons (Fsp3) is 0.400. The molecule has 0 aliphatic carbocycles. The van der Waals surface area contributed by atoms with Crippen molar-refractivity contribution in [3.05, 3.63) is 36.4 Å². The highest BCUT2D eigenvalue weighted by Gasteiger charge is 2.24. The molecule has 7 heteroatoms. The minimum Gasteiger partial charge on any atom is -0.355 e. The highest BCUT2D eigenvalue weighted by molar-refractivity contribution is 5.79. The first kappa shape index (κ1) is 17.3. The van der Waals surface area contributed by atoms with Crippen LogP contribution in [-0.2, 0) is 13.5 Å². The molecular formula is C20H23N7. The molecule has 1 atom stereocenters. The van der Waals surface area contributed by atoms with E-state index in [1.807, 2.05) is 30.9 Å². The third kappa shape index (κ3) is 3.08. The molecule has 3 aromatic rings. The molecule has 138 valence electrons. The second-order valence-corrected chi connectivity index (χ2v) is 7.03. The molecule has 27 heavy (non-hydrogen) atoms. The molecule has 0 saturated carbocycles. The third-order valence-electron chi connectivity index (χ3n) is 5.33. The highest BCUT2D eigenvalue weighted by atomic mass is 15.2. The standard InChI is InChI=1S/C20H23N7/c1-4-15-7-20(27-6-5-14(9-21)12-27)23-11-18(15)26(3)19-8-17-16(10-22-19)24-13-25(17)2/h7-8,10-11,13-14H,4-6,12H2,1-3H3. The highest BCUT2D eigenvalue weighted by Crippen LogP contribution is 2.31. The Morgan fingerprint density at radius 2 is 2.11 bits per heavy atom. The lowest BCUT2D eigenvalue weighted by molar-refractivity contribution is 0.754. The van der Waals surface area contributed by atoms with E-state index in [0.29, 0.717) is 0 Å². The number of hydrogen-bond donors (Lipinski definition) is 0. The lowest BCUT2D eigenvalue weighted by Gasteiger charge is -2.23. The van der Waals surface area contributed by atoms with E-state index in [2.05, 4.69) is 43.8 Å². The summed E-state index contributed by atoms with van der Waals surface area (Å²) in [5.74, 6) is 1.92. The summed E-state index contributed by atoms with van der Waals surface area (Å²) in [6, 6.07) is 6.56. The van der Waals surface area contributed by atoms with Crippen LogP contribution in [0.1, 0.15) is 18.9 Å². The largest absolute Gasteiger partial charge is 0.355 e. The van der Waals surface area contributed by atoms with Crippen LogP contribution >= 0.6 is 0 Å². The summed E-state index contributed by atoms with van der Waals surface area (Å²) < 4.78 is 2.00. The van der Waals surface area contributed by atoms with Crippen LogP contribution in [0, 0.1) is 17.2 Å². The molecule has 1 saturated heterocycles. The number of anilines is 3. The number of pyridine rings is 2. The first-order valence-electron chi connectivity index (χ1n) is 9.25. The van der Waals surface area contributed by atoms with Gasteiger partial charge in [-0.1, -0.05) is 6.92 Å². The average Bonchev–Trinajstić information content (AvgIpc) is 3.33. The van der Waals surface area contributed by atoms with Gasteiger partial charge in [-0.15, -0.1) is 0 Å². The van der Waals surface area contributed by atoms with Crippen molar-refractivity contribution in [2.45, 2.75) is 19.8 Å². The number of fused-ring (bicyclic) bond motifs is 1. The summed E-state index contributed by atoms with van der Waals surface area (Å²) in [7, 11) is 4.00. The molecule has 1 unspecified atom stereocenters. The van der Waals surface area contributed by atoms with Crippen molar-refractivity contribution in [1.29, 1.82) is 5.26 Å². The van der Waals surface area contributed by atoms with Gasteiger partial charge in [0, 0.05) is 33.3 Å². The van der Waals surface area contributed by atoms with Crippen LogP contribution in [0.2, 0.25) is 0 Å². The van der Waals surface area contributed by atoms with E-state index >= 15 is 0 Å². The van der Waals surface area contributed by atoms with E-state index in [-0.39, 0.29) is 5.92 Å². The zero-order chi connectivity index (χ0) is 19.0. The monoisotopic (exact) mass is 361 g/mol. The smallest absolute Gasteiger partial charge is 0.134 e. The fourth-order valence-corrected chi connectivity index (χ4v) is 3.64. The fourth-order valence-electron chi connectivity index (χ4n) is 3.64. The SMILES string of the molecule is CCc1cc(N2CCC(C#N)C2)ncc1N(C)c1cc2c(cn1)ncn2C. The number of hydrogen-bond acceptors (Lipinski definition) is 6.